The van der Waals surface area contributed by atoms with Crippen LogP contribution in [0.5, 0.6) is 5.75 Å². The zero-order valence-electron chi connectivity index (χ0n) is 13.2. The molecule has 2 N–H and O–H groups in total. The Kier molecular flexibility index (Phi) is 5.60. The van der Waals surface area contributed by atoms with Gasteiger partial charge in [0.15, 0.2) is 5.69 Å². The van der Waals surface area contributed by atoms with E-state index in [1.807, 2.05) is 0 Å². The Morgan fingerprint density at radius 2 is 1.68 bits per heavy atom. The third-order valence-electron chi connectivity index (χ3n) is 2.79. The fourth-order valence-corrected chi connectivity index (χ4v) is 1.85. The van der Waals surface area contributed by atoms with Crippen molar-refractivity contribution in [2.24, 2.45) is 0 Å². The highest BCUT2D eigenvalue weighted by molar-refractivity contribution is 5.58. The molecule has 0 unspecified atom stereocenters. The van der Waals surface area contributed by atoms with Crippen LogP contribution in [-0.4, -0.2) is 22.6 Å². The van der Waals surface area contributed by atoms with E-state index in [0.717, 1.165) is 6.07 Å². The topological polar surface area (TPSA) is 59.1 Å². The lowest BCUT2D eigenvalue weighted by atomic mass is 10.3. The van der Waals surface area contributed by atoms with E-state index in [1.54, 1.807) is 13.8 Å². The van der Waals surface area contributed by atoms with Gasteiger partial charge in [0.25, 0.3) is 0 Å². The van der Waals surface area contributed by atoms with Crippen molar-refractivity contribution >= 4 is 17.5 Å². The summed E-state index contributed by atoms with van der Waals surface area (Å²) in [5, 5.41) is 5.38. The molecule has 136 valence electrons. The number of ether oxygens (including phenoxy) is 1. The second kappa shape index (κ2) is 7.49. The van der Waals surface area contributed by atoms with Crippen molar-refractivity contribution in [3.05, 3.63) is 36.0 Å². The maximum absolute atomic E-state index is 13.0. The number of nitrogens with zero attached hydrogens (tertiary/aromatic N) is 2. The molecule has 10 heteroatoms. The molecule has 0 atom stereocenters. The predicted molar refractivity (Wildman–Crippen MR) is 82.1 cm³/mol. The van der Waals surface area contributed by atoms with Crippen molar-refractivity contribution in [1.82, 2.24) is 9.97 Å². The molecule has 0 radical (unpaired) electrons. The lowest BCUT2D eigenvalue weighted by Crippen LogP contribution is -2.17. The fourth-order valence-electron chi connectivity index (χ4n) is 1.85. The van der Waals surface area contributed by atoms with Gasteiger partial charge in [0.1, 0.15) is 11.6 Å². The predicted octanol–water partition coefficient (Wildman–Crippen LogP) is 4.66. The number of nitrogens with one attached hydrogen (secondary N) is 2. The Hall–Kier alpha value is -2.65. The quantitative estimate of drug-likeness (QED) is 0.732. The Morgan fingerprint density at radius 3 is 2.20 bits per heavy atom. The van der Waals surface area contributed by atoms with Crippen molar-refractivity contribution in [2.75, 3.05) is 10.6 Å². The maximum atomic E-state index is 13.0. The lowest BCUT2D eigenvalue weighted by molar-refractivity contribution is -0.141. The molecule has 1 aromatic carbocycles. The molecule has 1 aromatic heterocycles. The average molecular weight is 362 g/mol. The lowest BCUT2D eigenvalue weighted by Gasteiger charge is -2.14. The molecule has 25 heavy (non-hydrogen) atoms. The van der Waals surface area contributed by atoms with Gasteiger partial charge in [-0.25, -0.2) is 4.98 Å². The van der Waals surface area contributed by atoms with Crippen LogP contribution in [0.1, 0.15) is 19.5 Å². The summed E-state index contributed by atoms with van der Waals surface area (Å²) in [6.07, 6.45) is -4.64. The number of hydrogen-bond acceptors (Lipinski definition) is 5. The Balaban J connectivity index is 2.25. The molecule has 0 fully saturated rings. The summed E-state index contributed by atoms with van der Waals surface area (Å²) in [7, 11) is 0. The van der Waals surface area contributed by atoms with E-state index in [9.17, 15) is 22.0 Å². The first-order chi connectivity index (χ1) is 11.6. The molecule has 0 aliphatic rings. The summed E-state index contributed by atoms with van der Waals surface area (Å²) in [4.78, 5) is 7.41. The van der Waals surface area contributed by atoms with Crippen LogP contribution in [0, 0.1) is 0 Å². The molecule has 0 aliphatic heterocycles. The summed E-state index contributed by atoms with van der Waals surface area (Å²) in [5.74, 6) is -0.334. The molecule has 0 saturated carbocycles. The molecule has 2 aromatic rings. The minimum Gasteiger partial charge on any atom is -0.435 e. The van der Waals surface area contributed by atoms with Crippen LogP contribution in [0.2, 0.25) is 0 Å². The summed E-state index contributed by atoms with van der Waals surface area (Å²) < 4.78 is 67.3. The van der Waals surface area contributed by atoms with Gasteiger partial charge in [-0.2, -0.15) is 26.9 Å². The van der Waals surface area contributed by atoms with Gasteiger partial charge >= 0.3 is 12.8 Å². The molecule has 0 spiro atoms. The average Bonchev–Trinajstić information content (AvgIpc) is 2.47. The standard InChI is InChI=1S/C15H15F5N4O/c1-8(2)21-14-23-11(15(18,19)20)7-12(24-14)22-9-3-5-10(6-4-9)25-13(16)17/h3-8,13H,1-2H3,(H2,21,22,23,24). The van der Waals surface area contributed by atoms with Crippen molar-refractivity contribution in [1.29, 1.82) is 0 Å². The summed E-state index contributed by atoms with van der Waals surface area (Å²) in [5.41, 5.74) is -0.755. The van der Waals surface area contributed by atoms with Crippen LogP contribution >= 0.6 is 0 Å². The van der Waals surface area contributed by atoms with Crippen LogP contribution < -0.4 is 15.4 Å². The molecule has 0 saturated heterocycles. The van der Waals surface area contributed by atoms with E-state index in [2.05, 4.69) is 25.3 Å². The van der Waals surface area contributed by atoms with Crippen molar-refractivity contribution in [3.63, 3.8) is 0 Å². The van der Waals surface area contributed by atoms with E-state index in [4.69, 9.17) is 0 Å². The van der Waals surface area contributed by atoms with Gasteiger partial charge in [0.05, 0.1) is 0 Å². The monoisotopic (exact) mass is 362 g/mol. The molecule has 0 amide bonds. The SMILES string of the molecule is CC(C)Nc1nc(Nc2ccc(OC(F)F)cc2)cc(C(F)(F)F)n1. The van der Waals surface area contributed by atoms with E-state index in [1.165, 1.54) is 24.3 Å². The molecular formula is C15H15F5N4O. The minimum atomic E-state index is -4.64. The molecule has 5 nitrogen and oxygen atoms in total. The Labute approximate surface area is 140 Å². The second-order valence-corrected chi connectivity index (χ2v) is 5.29. The van der Waals surface area contributed by atoms with Gasteiger partial charge in [-0.1, -0.05) is 0 Å². The Bertz CT molecular complexity index is 704. The highest BCUT2D eigenvalue weighted by Crippen LogP contribution is 2.30. The zero-order valence-corrected chi connectivity index (χ0v) is 13.2. The number of anilines is 3. The normalized spacial score (nSPS) is 11.7. The van der Waals surface area contributed by atoms with E-state index < -0.39 is 18.5 Å². The minimum absolute atomic E-state index is 0.0682. The number of hydrogen-bond donors (Lipinski definition) is 2. The maximum Gasteiger partial charge on any atom is 0.433 e. The van der Waals surface area contributed by atoms with Crippen LogP contribution in [0.4, 0.5) is 39.4 Å². The third-order valence-corrected chi connectivity index (χ3v) is 2.79. The third kappa shape index (κ3) is 5.73. The first kappa shape index (κ1) is 18.7. The van der Waals surface area contributed by atoms with Crippen LogP contribution in [0.15, 0.2) is 30.3 Å². The van der Waals surface area contributed by atoms with Gasteiger partial charge in [0, 0.05) is 17.8 Å². The number of rotatable bonds is 6. The number of alkyl halides is 5. The van der Waals surface area contributed by atoms with Crippen LogP contribution in [0.25, 0.3) is 0 Å². The van der Waals surface area contributed by atoms with E-state index in [0.29, 0.717) is 5.69 Å². The van der Waals surface area contributed by atoms with Crippen LogP contribution in [0.3, 0.4) is 0 Å². The zero-order chi connectivity index (χ0) is 18.6. The summed E-state index contributed by atoms with van der Waals surface area (Å²) in [6, 6.07) is 5.86. The van der Waals surface area contributed by atoms with Gasteiger partial charge in [-0.05, 0) is 38.1 Å². The highest BCUT2D eigenvalue weighted by Gasteiger charge is 2.33. The van der Waals surface area contributed by atoms with Crippen molar-refractivity contribution < 1.29 is 26.7 Å². The molecule has 2 rings (SSSR count). The van der Waals surface area contributed by atoms with Crippen LogP contribution in [-0.2, 0) is 6.18 Å². The molecule has 0 aliphatic carbocycles. The number of halogens is 5. The fraction of sp³-hybridized carbons (Fsp3) is 0.333. The number of benzene rings is 1. The Morgan fingerprint density at radius 1 is 1.04 bits per heavy atom. The smallest absolute Gasteiger partial charge is 0.433 e. The van der Waals surface area contributed by atoms with Crippen molar-refractivity contribution in [2.45, 2.75) is 32.7 Å². The van der Waals surface area contributed by atoms with E-state index >= 15 is 0 Å². The first-order valence-electron chi connectivity index (χ1n) is 7.18. The molecule has 1 heterocycles. The van der Waals surface area contributed by atoms with E-state index in [-0.39, 0.29) is 23.6 Å². The van der Waals surface area contributed by atoms with Gasteiger partial charge in [0.2, 0.25) is 5.95 Å². The first-order valence-corrected chi connectivity index (χ1v) is 7.18. The van der Waals surface area contributed by atoms with Gasteiger partial charge in [-0.15, -0.1) is 0 Å². The highest BCUT2D eigenvalue weighted by atomic mass is 19.4. The van der Waals surface area contributed by atoms with Gasteiger partial charge in [-0.3, -0.25) is 0 Å². The second-order valence-electron chi connectivity index (χ2n) is 5.29. The van der Waals surface area contributed by atoms with Gasteiger partial charge < -0.3 is 15.4 Å². The summed E-state index contributed by atoms with van der Waals surface area (Å²) >= 11 is 0. The largest absolute Gasteiger partial charge is 0.435 e. The molecule has 0 bridgehead atoms. The van der Waals surface area contributed by atoms with Crippen molar-refractivity contribution in [3.8, 4) is 5.75 Å². The number of aromatic nitrogens is 2. The molecular weight excluding hydrogens is 347 g/mol. The summed E-state index contributed by atoms with van der Waals surface area (Å²) in [6.45, 7) is 0.511.